The number of fused-ring (bicyclic) bond motifs is 4. The van der Waals surface area contributed by atoms with Gasteiger partial charge in [-0.1, -0.05) is 0 Å². The summed E-state index contributed by atoms with van der Waals surface area (Å²) < 4.78 is 53.6. The summed E-state index contributed by atoms with van der Waals surface area (Å²) in [6, 6.07) is 28.9. The Bertz CT molecular complexity index is 5770. The molecule has 12 atom stereocenters. The summed E-state index contributed by atoms with van der Waals surface area (Å²) in [5, 5.41) is 62.2. The minimum Gasteiger partial charge on any atom is -0.394 e. The van der Waals surface area contributed by atoms with Crippen molar-refractivity contribution >= 4 is 66.9 Å². The van der Waals surface area contributed by atoms with Crippen LogP contribution in [0.4, 0.5) is 23.3 Å². The molecular formula is C112H152N24O12. The maximum atomic E-state index is 9.67. The summed E-state index contributed by atoms with van der Waals surface area (Å²) in [6.07, 6.45) is 21.0. The standard InChI is InChI=1S/4C28H38N6O3/c4*1-18-10-22-13-29-34(26(22)11-25(18)21-4-7-32(8-5-21)23-6-9-36-17-23)28-12-27(30-20(3)31-28)33-14-19(2)37-24(15-33)16-35/h4*10-13,19,21,23-24,35H,4-9,14-17H2,1-3H3. The Kier molecular flexibility index (Phi) is 32.2. The fraction of sp³-hybridized carbons (Fsp3) is 0.607. The number of hydrogen-bond donors (Lipinski definition) is 4. The Morgan fingerprint density at radius 2 is 0.459 bits per heavy atom. The summed E-state index contributed by atoms with van der Waals surface area (Å²) in [5.74, 6) is 11.5. The molecule has 12 unspecified atom stereocenters. The number of aryl methyl sites for hydroxylation is 8. The van der Waals surface area contributed by atoms with Gasteiger partial charge in [0.2, 0.25) is 0 Å². The largest absolute Gasteiger partial charge is 0.394 e. The van der Waals surface area contributed by atoms with Crippen LogP contribution in [0.25, 0.3) is 66.9 Å². The lowest BCUT2D eigenvalue weighted by Crippen LogP contribution is -2.48. The number of benzene rings is 4. The van der Waals surface area contributed by atoms with E-state index in [4.69, 9.17) is 98.2 Å². The molecule has 24 rings (SSSR count). The SMILES string of the molecule is Cc1nc(N2CC(C)OC(CO)C2)cc(-n2ncc3cc(C)c(C4CCN(C5CCOC5)CC4)cc32)n1.Cc1nc(N2CC(C)OC(CO)C2)cc(-n2ncc3cc(C)c(C4CCN(C5CCOC5)CC4)cc32)n1.Cc1nc(N2CC(C)OC(CO)C2)cc(-n2ncc3cc(C)c(C4CCN(C5CCOC5)CC4)cc32)n1.Cc1nc(N2CC(C)OC(CO)C2)cc(-n2ncc3cc(C)c(C4CCN(C5CCOC5)CC4)cc32)n1. The van der Waals surface area contributed by atoms with Crippen LogP contribution in [0.1, 0.15) is 196 Å². The van der Waals surface area contributed by atoms with Crippen LogP contribution in [0.15, 0.2) is 97.6 Å². The quantitative estimate of drug-likeness (QED) is 0.0550. The van der Waals surface area contributed by atoms with Crippen molar-refractivity contribution in [3.8, 4) is 23.3 Å². The Hall–Kier alpha value is -10.4. The molecule has 0 bridgehead atoms. The highest BCUT2D eigenvalue weighted by atomic mass is 16.5. The molecular weight excluding hydrogens is 1870 g/mol. The zero-order valence-corrected chi connectivity index (χ0v) is 88.5. The number of piperidine rings is 4. The van der Waals surface area contributed by atoms with Crippen LogP contribution in [0.5, 0.6) is 0 Å². The van der Waals surface area contributed by atoms with Crippen molar-refractivity contribution in [2.24, 2.45) is 0 Å². The number of nitrogens with zero attached hydrogens (tertiary/aromatic N) is 24. The first-order valence-corrected chi connectivity index (χ1v) is 54.6. The lowest BCUT2D eigenvalue weighted by molar-refractivity contribution is -0.0423. The van der Waals surface area contributed by atoms with E-state index >= 15 is 0 Å². The number of hydrogen-bond acceptors (Lipinski definition) is 32. The smallest absolute Gasteiger partial charge is 0.159 e. The molecule has 4 aromatic carbocycles. The van der Waals surface area contributed by atoms with Crippen molar-refractivity contribution in [2.45, 2.75) is 257 Å². The molecule has 0 radical (unpaired) electrons. The fourth-order valence-corrected chi connectivity index (χ4v) is 25.4. The average Bonchev–Trinajstić information content (AvgIpc) is 1.61. The van der Waals surface area contributed by atoms with E-state index in [1.165, 1.54) is 122 Å². The fourth-order valence-electron chi connectivity index (χ4n) is 25.4. The molecule has 12 aromatic rings. The molecule has 20 heterocycles. The molecule has 36 heteroatoms. The van der Waals surface area contributed by atoms with Crippen LogP contribution >= 0.6 is 0 Å². The molecule has 12 aliphatic heterocycles. The summed E-state index contributed by atoms with van der Waals surface area (Å²) in [5.41, 5.74) is 15.4. The zero-order valence-electron chi connectivity index (χ0n) is 88.5. The van der Waals surface area contributed by atoms with Gasteiger partial charge >= 0.3 is 0 Å². The minimum absolute atomic E-state index is 0.00293. The second-order valence-corrected chi connectivity index (χ2v) is 43.8. The Balaban J connectivity index is 0.000000116. The van der Waals surface area contributed by atoms with Gasteiger partial charge in [0, 0.05) is 149 Å². The van der Waals surface area contributed by atoms with Gasteiger partial charge in [0.25, 0.3) is 0 Å². The van der Waals surface area contributed by atoms with E-state index < -0.39 is 0 Å². The highest BCUT2D eigenvalue weighted by molar-refractivity contribution is 5.85. The van der Waals surface area contributed by atoms with Gasteiger partial charge in [-0.2, -0.15) is 20.4 Å². The van der Waals surface area contributed by atoms with E-state index in [-0.39, 0.29) is 75.3 Å². The number of likely N-dealkylation sites (tertiary alicyclic amines) is 4. The van der Waals surface area contributed by atoms with Crippen LogP contribution in [0.3, 0.4) is 0 Å². The first-order valence-electron chi connectivity index (χ1n) is 54.6. The van der Waals surface area contributed by atoms with Crippen molar-refractivity contribution in [2.75, 3.05) is 204 Å². The molecule has 12 aliphatic rings. The van der Waals surface area contributed by atoms with Gasteiger partial charge in [-0.25, -0.2) is 58.6 Å². The molecule has 0 saturated carbocycles. The lowest BCUT2D eigenvalue weighted by atomic mass is 9.86. The number of ether oxygens (including phenoxy) is 8. The van der Waals surface area contributed by atoms with Crippen LogP contribution < -0.4 is 19.6 Å². The third-order valence-electron chi connectivity index (χ3n) is 32.9. The van der Waals surface area contributed by atoms with Gasteiger partial charge < -0.3 is 77.9 Å². The van der Waals surface area contributed by atoms with Crippen LogP contribution in [-0.2, 0) is 37.9 Å². The summed E-state index contributed by atoms with van der Waals surface area (Å²) in [7, 11) is 0. The summed E-state index contributed by atoms with van der Waals surface area (Å²) in [6.45, 7) is 46.3. The van der Waals surface area contributed by atoms with Crippen LogP contribution in [0, 0.1) is 55.4 Å². The van der Waals surface area contributed by atoms with E-state index in [0.717, 1.165) is 222 Å². The van der Waals surface area contributed by atoms with Crippen molar-refractivity contribution in [3.05, 3.63) is 165 Å². The average molecular weight is 2030 g/mol. The number of rotatable bonds is 20. The van der Waals surface area contributed by atoms with E-state index in [1.807, 2.05) is 123 Å². The zero-order chi connectivity index (χ0) is 102. The van der Waals surface area contributed by atoms with Gasteiger partial charge in [0.15, 0.2) is 23.3 Å². The Morgan fingerprint density at radius 1 is 0.257 bits per heavy atom. The molecule has 148 heavy (non-hydrogen) atoms. The number of aromatic nitrogens is 16. The molecule has 0 amide bonds. The normalized spacial score (nSPS) is 25.8. The van der Waals surface area contributed by atoms with Crippen LogP contribution in [0.2, 0.25) is 0 Å². The first-order chi connectivity index (χ1) is 71.9. The molecule has 36 nitrogen and oxygen atoms in total. The maximum absolute atomic E-state index is 9.67. The van der Waals surface area contributed by atoms with E-state index in [9.17, 15) is 20.4 Å². The second-order valence-electron chi connectivity index (χ2n) is 43.8. The summed E-state index contributed by atoms with van der Waals surface area (Å²) >= 11 is 0. The molecule has 0 spiro atoms. The third-order valence-corrected chi connectivity index (χ3v) is 32.9. The van der Waals surface area contributed by atoms with E-state index in [0.29, 0.717) is 97.3 Å². The minimum atomic E-state index is -0.217. The number of morpholine rings is 4. The molecule has 792 valence electrons. The van der Waals surface area contributed by atoms with Crippen molar-refractivity contribution in [3.63, 3.8) is 0 Å². The summed E-state index contributed by atoms with van der Waals surface area (Å²) in [4.78, 5) is 57.1. The van der Waals surface area contributed by atoms with E-state index in [2.05, 4.69) is 115 Å². The molecule has 4 N–H and O–H groups in total. The molecule has 12 saturated heterocycles. The number of aliphatic hydroxyl groups excluding tert-OH is 4. The Labute approximate surface area is 868 Å². The first kappa shape index (κ1) is 103. The van der Waals surface area contributed by atoms with Gasteiger partial charge in [-0.3, -0.25) is 19.6 Å². The van der Waals surface area contributed by atoms with Crippen molar-refractivity contribution in [1.82, 2.24) is 98.6 Å². The predicted molar refractivity (Wildman–Crippen MR) is 570 cm³/mol. The monoisotopic (exact) mass is 2030 g/mol. The Morgan fingerprint density at radius 3 is 0.649 bits per heavy atom. The highest BCUT2D eigenvalue weighted by Crippen LogP contribution is 2.42. The topological polar surface area (TPSA) is 355 Å². The maximum Gasteiger partial charge on any atom is 0.159 e. The highest BCUT2D eigenvalue weighted by Gasteiger charge is 2.39. The van der Waals surface area contributed by atoms with Crippen molar-refractivity contribution < 1.29 is 58.3 Å². The molecule has 8 aromatic heterocycles. The predicted octanol–water partition coefficient (Wildman–Crippen LogP) is 11.9. The number of aliphatic hydroxyl groups is 4. The molecule has 0 aliphatic carbocycles. The molecule has 12 fully saturated rings. The number of anilines is 4. The van der Waals surface area contributed by atoms with Gasteiger partial charge in [0.05, 0.1) is 149 Å². The van der Waals surface area contributed by atoms with Gasteiger partial charge in [-0.15, -0.1) is 0 Å². The lowest BCUT2D eigenvalue weighted by Gasteiger charge is -2.36. The van der Waals surface area contributed by atoms with Gasteiger partial charge in [0.1, 0.15) is 46.6 Å². The van der Waals surface area contributed by atoms with Crippen molar-refractivity contribution in [1.29, 1.82) is 0 Å². The second kappa shape index (κ2) is 46.1. The van der Waals surface area contributed by atoms with Crippen LogP contribution in [-0.4, -0.2) is 376 Å². The third kappa shape index (κ3) is 23.2. The van der Waals surface area contributed by atoms with Gasteiger partial charge in [-0.05, 0) is 329 Å². The van der Waals surface area contributed by atoms with E-state index in [1.54, 1.807) is 0 Å².